The van der Waals surface area contributed by atoms with Crippen LogP contribution in [-0.4, -0.2) is 29.8 Å². The van der Waals surface area contributed by atoms with Crippen LogP contribution in [-0.2, 0) is 0 Å². The normalized spacial score (nSPS) is 12.4. The molecule has 1 rings (SSSR count). The first-order valence-corrected chi connectivity index (χ1v) is 7.11. The van der Waals surface area contributed by atoms with Gasteiger partial charge in [-0.2, -0.15) is 11.8 Å². The van der Waals surface area contributed by atoms with Crippen molar-refractivity contribution in [2.24, 2.45) is 5.73 Å². The minimum Gasteiger partial charge on any atom is -0.494 e. The number of aliphatic hydroxyl groups excluding tert-OH is 1. The SMILES string of the molecule is CCOc1ccccc1C(N)CSCCCO. The van der Waals surface area contributed by atoms with Crippen LogP contribution >= 0.6 is 11.8 Å². The van der Waals surface area contributed by atoms with E-state index in [1.807, 2.05) is 31.2 Å². The first-order chi connectivity index (χ1) is 8.29. The van der Waals surface area contributed by atoms with Crippen LogP contribution in [0.4, 0.5) is 0 Å². The minimum absolute atomic E-state index is 0.0126. The summed E-state index contributed by atoms with van der Waals surface area (Å²) in [5.74, 6) is 2.68. The van der Waals surface area contributed by atoms with E-state index in [1.165, 1.54) is 0 Å². The highest BCUT2D eigenvalue weighted by Crippen LogP contribution is 2.26. The first-order valence-electron chi connectivity index (χ1n) is 5.95. The highest BCUT2D eigenvalue weighted by Gasteiger charge is 2.11. The van der Waals surface area contributed by atoms with Crippen molar-refractivity contribution < 1.29 is 9.84 Å². The number of benzene rings is 1. The Morgan fingerprint density at radius 1 is 1.41 bits per heavy atom. The lowest BCUT2D eigenvalue weighted by atomic mass is 10.1. The van der Waals surface area contributed by atoms with Crippen LogP contribution in [0.3, 0.4) is 0 Å². The number of ether oxygens (including phenoxy) is 1. The molecule has 0 amide bonds. The highest BCUT2D eigenvalue weighted by atomic mass is 32.2. The zero-order valence-corrected chi connectivity index (χ0v) is 11.1. The van der Waals surface area contributed by atoms with Crippen molar-refractivity contribution in [1.82, 2.24) is 0 Å². The number of hydrogen-bond acceptors (Lipinski definition) is 4. The topological polar surface area (TPSA) is 55.5 Å². The summed E-state index contributed by atoms with van der Waals surface area (Å²) in [5.41, 5.74) is 7.21. The van der Waals surface area contributed by atoms with Gasteiger partial charge in [0.2, 0.25) is 0 Å². The molecule has 0 radical (unpaired) electrons. The van der Waals surface area contributed by atoms with Crippen molar-refractivity contribution in [3.8, 4) is 5.75 Å². The summed E-state index contributed by atoms with van der Waals surface area (Å²) < 4.78 is 5.56. The van der Waals surface area contributed by atoms with E-state index in [9.17, 15) is 0 Å². The summed E-state index contributed by atoms with van der Waals surface area (Å²) in [6.07, 6.45) is 0.824. The Hall–Kier alpha value is -0.710. The fraction of sp³-hybridized carbons (Fsp3) is 0.538. The van der Waals surface area contributed by atoms with Crippen molar-refractivity contribution in [1.29, 1.82) is 0 Å². The predicted molar refractivity (Wildman–Crippen MR) is 73.6 cm³/mol. The summed E-state index contributed by atoms with van der Waals surface area (Å²) >= 11 is 1.77. The van der Waals surface area contributed by atoms with Gasteiger partial charge in [0.1, 0.15) is 5.75 Å². The summed E-state index contributed by atoms with van der Waals surface area (Å²) in [5, 5.41) is 8.70. The second-order valence-electron chi connectivity index (χ2n) is 3.73. The van der Waals surface area contributed by atoms with E-state index in [0.717, 1.165) is 29.2 Å². The summed E-state index contributed by atoms with van der Waals surface area (Å²) in [7, 11) is 0. The van der Waals surface area contributed by atoms with Gasteiger partial charge in [0.15, 0.2) is 0 Å². The summed E-state index contributed by atoms with van der Waals surface area (Å²) in [4.78, 5) is 0. The fourth-order valence-corrected chi connectivity index (χ4v) is 2.47. The molecule has 0 heterocycles. The maximum atomic E-state index is 8.70. The molecule has 1 aromatic rings. The maximum absolute atomic E-state index is 8.70. The number of rotatable bonds is 8. The van der Waals surface area contributed by atoms with E-state index in [-0.39, 0.29) is 12.6 Å². The third kappa shape index (κ3) is 4.98. The van der Waals surface area contributed by atoms with Gasteiger partial charge in [0.05, 0.1) is 6.61 Å². The lowest BCUT2D eigenvalue weighted by Gasteiger charge is -2.16. The van der Waals surface area contributed by atoms with E-state index in [4.69, 9.17) is 15.6 Å². The molecule has 0 saturated carbocycles. The Morgan fingerprint density at radius 2 is 2.18 bits per heavy atom. The summed E-state index contributed by atoms with van der Waals surface area (Å²) in [6, 6.07) is 7.90. The van der Waals surface area contributed by atoms with Crippen LogP contribution in [0.1, 0.15) is 24.9 Å². The Kier molecular flexibility index (Phi) is 7.08. The Balaban J connectivity index is 2.52. The smallest absolute Gasteiger partial charge is 0.124 e. The Labute approximate surface area is 107 Å². The molecule has 0 bridgehead atoms. The summed E-state index contributed by atoms with van der Waals surface area (Å²) in [6.45, 7) is 2.87. The molecule has 17 heavy (non-hydrogen) atoms. The van der Waals surface area contributed by atoms with Crippen LogP contribution in [0, 0.1) is 0 Å². The third-order valence-electron chi connectivity index (χ3n) is 2.36. The van der Waals surface area contributed by atoms with Crippen molar-refractivity contribution >= 4 is 11.8 Å². The van der Waals surface area contributed by atoms with Gasteiger partial charge in [0, 0.05) is 24.0 Å². The number of aliphatic hydroxyl groups is 1. The van der Waals surface area contributed by atoms with Crippen LogP contribution < -0.4 is 10.5 Å². The van der Waals surface area contributed by atoms with Crippen molar-refractivity contribution in [3.05, 3.63) is 29.8 Å². The average molecular weight is 255 g/mol. The zero-order chi connectivity index (χ0) is 12.5. The molecule has 0 aliphatic carbocycles. The van der Waals surface area contributed by atoms with Crippen molar-refractivity contribution in [2.75, 3.05) is 24.7 Å². The molecule has 3 N–H and O–H groups in total. The van der Waals surface area contributed by atoms with Crippen LogP contribution in [0.2, 0.25) is 0 Å². The van der Waals surface area contributed by atoms with E-state index in [1.54, 1.807) is 11.8 Å². The van der Waals surface area contributed by atoms with E-state index in [0.29, 0.717) is 6.61 Å². The van der Waals surface area contributed by atoms with Crippen molar-refractivity contribution in [2.45, 2.75) is 19.4 Å². The molecule has 0 fully saturated rings. The van der Waals surface area contributed by atoms with Gasteiger partial charge in [-0.15, -0.1) is 0 Å². The largest absolute Gasteiger partial charge is 0.494 e. The Bertz CT molecular complexity index is 320. The monoisotopic (exact) mass is 255 g/mol. The zero-order valence-electron chi connectivity index (χ0n) is 10.3. The number of thioether (sulfide) groups is 1. The number of hydrogen-bond donors (Lipinski definition) is 2. The van der Waals surface area contributed by atoms with Gasteiger partial charge in [-0.25, -0.2) is 0 Å². The number of nitrogens with two attached hydrogens (primary N) is 1. The fourth-order valence-electron chi connectivity index (χ4n) is 1.54. The molecular weight excluding hydrogens is 234 g/mol. The molecule has 1 aromatic carbocycles. The maximum Gasteiger partial charge on any atom is 0.124 e. The van der Waals surface area contributed by atoms with Gasteiger partial charge in [-0.3, -0.25) is 0 Å². The van der Waals surface area contributed by atoms with Gasteiger partial charge in [-0.1, -0.05) is 18.2 Å². The number of para-hydroxylation sites is 1. The lowest BCUT2D eigenvalue weighted by molar-refractivity contribution is 0.296. The third-order valence-corrected chi connectivity index (χ3v) is 3.53. The van der Waals surface area contributed by atoms with Gasteiger partial charge in [-0.05, 0) is 25.2 Å². The van der Waals surface area contributed by atoms with Gasteiger partial charge < -0.3 is 15.6 Å². The molecule has 4 heteroatoms. The minimum atomic E-state index is -0.0126. The Morgan fingerprint density at radius 3 is 2.88 bits per heavy atom. The second-order valence-corrected chi connectivity index (χ2v) is 4.88. The van der Waals surface area contributed by atoms with E-state index >= 15 is 0 Å². The molecule has 0 saturated heterocycles. The molecule has 96 valence electrons. The van der Waals surface area contributed by atoms with E-state index < -0.39 is 0 Å². The lowest BCUT2D eigenvalue weighted by Crippen LogP contribution is -2.15. The van der Waals surface area contributed by atoms with Crippen LogP contribution in [0.15, 0.2) is 24.3 Å². The van der Waals surface area contributed by atoms with Crippen molar-refractivity contribution in [3.63, 3.8) is 0 Å². The van der Waals surface area contributed by atoms with Crippen LogP contribution in [0.5, 0.6) is 5.75 Å². The van der Waals surface area contributed by atoms with Crippen LogP contribution in [0.25, 0.3) is 0 Å². The van der Waals surface area contributed by atoms with Gasteiger partial charge >= 0.3 is 0 Å². The standard InChI is InChI=1S/C13H21NO2S/c1-2-16-13-7-4-3-6-11(13)12(14)10-17-9-5-8-15/h3-4,6-7,12,15H,2,5,8-10,14H2,1H3. The molecule has 0 spiro atoms. The first kappa shape index (κ1) is 14.4. The van der Waals surface area contributed by atoms with Gasteiger partial charge in [0.25, 0.3) is 0 Å². The average Bonchev–Trinajstić information content (AvgIpc) is 2.35. The second kappa shape index (κ2) is 8.39. The molecule has 0 aliphatic rings. The highest BCUT2D eigenvalue weighted by molar-refractivity contribution is 7.99. The molecule has 0 aliphatic heterocycles. The predicted octanol–water partition coefficient (Wildman–Crippen LogP) is 2.20. The quantitative estimate of drug-likeness (QED) is 0.699. The van der Waals surface area contributed by atoms with E-state index in [2.05, 4.69) is 0 Å². The molecule has 1 unspecified atom stereocenters. The molecule has 0 aromatic heterocycles. The molecule has 3 nitrogen and oxygen atoms in total. The molecule has 1 atom stereocenters. The molecular formula is C13H21NO2S.